The van der Waals surface area contributed by atoms with Crippen molar-refractivity contribution in [3.8, 4) is 78.1 Å². The third kappa shape index (κ3) is 8.97. The van der Waals surface area contributed by atoms with Crippen molar-refractivity contribution in [1.29, 1.82) is 0 Å². The minimum absolute atomic E-state index is 0.900. The Kier molecular flexibility index (Phi) is 12.4. The van der Waals surface area contributed by atoms with Crippen LogP contribution in [0.1, 0.15) is 0 Å². The first-order chi connectivity index (χ1) is 54.4. The van der Waals surface area contributed by atoms with Crippen molar-refractivity contribution in [3.05, 3.63) is 340 Å². The number of benzene rings is 17. The molecule has 0 amide bonds. The van der Waals surface area contributed by atoms with Gasteiger partial charge < -0.3 is 8.83 Å². The average molecular weight is 1430 g/mol. The van der Waals surface area contributed by atoms with E-state index in [1.54, 1.807) is 0 Å². The average Bonchev–Trinajstić information content (AvgIpc) is 1.55. The first-order valence-electron chi connectivity index (χ1n) is 37.4. The number of imidazole rings is 2. The first-order valence-corrected chi connectivity index (χ1v) is 39.0. The van der Waals surface area contributed by atoms with Crippen LogP contribution in [0, 0.1) is 0 Å². The lowest BCUT2D eigenvalue weighted by molar-refractivity contribution is 0.669. The molecule has 0 N–H and O–H groups in total. The van der Waals surface area contributed by atoms with Gasteiger partial charge in [0, 0.05) is 63.4 Å². The van der Waals surface area contributed by atoms with E-state index in [9.17, 15) is 0 Å². The zero-order valence-electron chi connectivity index (χ0n) is 58.8. The van der Waals surface area contributed by atoms with Gasteiger partial charge in [-0.2, -0.15) is 0 Å². The molecular weight excluding hydrogens is 1380 g/mol. The standard InChI is InChI=1S/C102H56N4O2S2/c1-2-12-67-46-74-50-91-87(49-73(74)45-66(67)11-1)103-101-99-86(56-90(106(91)101)65-38-31-60(32-39-65)58-27-33-62(34-28-58)76-19-10-20-80-78-17-6-8-22-93(78)108-98(76)80)84-54-81-71(53-96(84)110-99)15-9-18-75(81)72-40-35-63-42-44-88-97(82(63)48-72)104-102-100-85(83-47-68-13-3-4-14-69(68)52-95(83)109-100)55-89(105(88)102)64-36-29-59(30-37-64)57-23-25-61(26-24-57)70-41-43-79-77-16-5-7-21-92(77)107-94(79)51-70/h1-56H. The second kappa shape index (κ2) is 22.8. The van der Waals surface area contributed by atoms with Gasteiger partial charge >= 0.3 is 0 Å². The highest BCUT2D eigenvalue weighted by molar-refractivity contribution is 7.27. The highest BCUT2D eigenvalue weighted by Gasteiger charge is 2.24. The van der Waals surface area contributed by atoms with E-state index in [0.717, 1.165) is 165 Å². The molecule has 6 nitrogen and oxygen atoms in total. The third-order valence-electron chi connectivity index (χ3n) is 23.4. The van der Waals surface area contributed by atoms with E-state index in [-0.39, 0.29) is 0 Å². The third-order valence-corrected chi connectivity index (χ3v) is 25.8. The molecule has 0 saturated carbocycles. The molecule has 0 fully saturated rings. The van der Waals surface area contributed by atoms with Crippen molar-refractivity contribution in [1.82, 2.24) is 18.8 Å². The summed E-state index contributed by atoms with van der Waals surface area (Å²) in [6.07, 6.45) is 0. The number of nitrogens with zero attached hydrogens (tertiary/aromatic N) is 4. The van der Waals surface area contributed by atoms with Gasteiger partial charge in [-0.15, -0.1) is 22.7 Å². The highest BCUT2D eigenvalue weighted by Crippen LogP contribution is 2.48. The Morgan fingerprint density at radius 2 is 0.718 bits per heavy atom. The first kappa shape index (κ1) is 60.1. The molecule has 17 aromatic carbocycles. The SMILES string of the molecule is c1ccc2cc3cc4c(cc3cc2c1)nc1c2sc3cc5cccc(-c6ccc7ccc8c(nc9c%10sc%11cc%12ccccc%12cc%11c%10cc(-c%10ccc(-c%11ccc(-c%12ccc%13c(c%12)oc%12ccccc%12%13)cc%11)cc%10)n89)c7c6)c5cc3c2cc(-c2ccc(-c3ccc(-c5cccc6c5oc5ccccc56)cc3)cc2)n41. The number of aromatic nitrogens is 4. The molecule has 0 aliphatic carbocycles. The maximum Gasteiger partial charge on any atom is 0.156 e. The summed E-state index contributed by atoms with van der Waals surface area (Å²) in [5.74, 6) is 0. The molecule has 0 spiro atoms. The van der Waals surface area contributed by atoms with Crippen molar-refractivity contribution < 1.29 is 8.83 Å². The smallest absolute Gasteiger partial charge is 0.156 e. The molecule has 0 aliphatic rings. The van der Waals surface area contributed by atoms with Crippen molar-refractivity contribution in [2.75, 3.05) is 0 Å². The number of furan rings is 2. The number of rotatable bonds is 7. The van der Waals surface area contributed by atoms with Crippen LogP contribution in [0.3, 0.4) is 0 Å². The fourth-order valence-electron chi connectivity index (χ4n) is 18.0. The quantitative estimate of drug-likeness (QED) is 0.149. The minimum atomic E-state index is 0.900. The summed E-state index contributed by atoms with van der Waals surface area (Å²) >= 11 is 3.68. The molecule has 0 atom stereocenters. The summed E-state index contributed by atoms with van der Waals surface area (Å²) in [6, 6.07) is 125. The molecule has 8 aromatic heterocycles. The molecule has 25 aromatic rings. The normalized spacial score (nSPS) is 12.4. The maximum atomic E-state index is 6.47. The monoisotopic (exact) mass is 1430 g/mol. The number of thiophene rings is 2. The number of para-hydroxylation sites is 3. The van der Waals surface area contributed by atoms with Gasteiger partial charge in [-0.05, 0) is 207 Å². The zero-order chi connectivity index (χ0) is 71.6. The van der Waals surface area contributed by atoms with E-state index in [4.69, 9.17) is 18.8 Å². The highest BCUT2D eigenvalue weighted by atomic mass is 32.1. The van der Waals surface area contributed by atoms with Gasteiger partial charge in [-0.1, -0.05) is 243 Å². The summed E-state index contributed by atoms with van der Waals surface area (Å²) in [5.41, 5.74) is 25.5. The lowest BCUT2D eigenvalue weighted by Gasteiger charge is -2.12. The van der Waals surface area contributed by atoms with Crippen LogP contribution in [0.5, 0.6) is 0 Å². The molecule has 0 aliphatic heterocycles. The summed E-state index contributed by atoms with van der Waals surface area (Å²) in [4.78, 5) is 11.5. The zero-order valence-corrected chi connectivity index (χ0v) is 60.4. The Hall–Kier alpha value is -14.0. The van der Waals surface area contributed by atoms with Gasteiger partial charge in [0.05, 0.1) is 42.9 Å². The summed E-state index contributed by atoms with van der Waals surface area (Å²) in [7, 11) is 0. The summed E-state index contributed by atoms with van der Waals surface area (Å²) < 4.78 is 22.4. The number of hydrogen-bond acceptors (Lipinski definition) is 6. The minimum Gasteiger partial charge on any atom is -0.456 e. The lowest BCUT2D eigenvalue weighted by atomic mass is 9.94. The van der Waals surface area contributed by atoms with Crippen LogP contribution in [0.15, 0.2) is 349 Å². The van der Waals surface area contributed by atoms with Crippen LogP contribution in [0.4, 0.5) is 0 Å². The molecule has 8 heterocycles. The number of hydrogen-bond donors (Lipinski definition) is 0. The van der Waals surface area contributed by atoms with Crippen LogP contribution < -0.4 is 0 Å². The second-order valence-corrected chi connectivity index (χ2v) is 31.6. The molecule has 508 valence electrons. The van der Waals surface area contributed by atoms with Crippen LogP contribution in [-0.4, -0.2) is 18.8 Å². The number of pyridine rings is 2. The predicted octanol–water partition coefficient (Wildman–Crippen LogP) is 29.3. The molecular formula is C102H56N4O2S2. The Bertz CT molecular complexity index is 8320. The van der Waals surface area contributed by atoms with Gasteiger partial charge in [0.2, 0.25) is 0 Å². The molecule has 8 heteroatoms. The van der Waals surface area contributed by atoms with E-state index in [0.29, 0.717) is 0 Å². The Balaban J connectivity index is 0.619. The number of fused-ring (bicyclic) bond motifs is 26. The van der Waals surface area contributed by atoms with Crippen molar-refractivity contribution in [2.24, 2.45) is 0 Å². The molecule has 0 saturated heterocycles. The molecule has 25 rings (SSSR count). The summed E-state index contributed by atoms with van der Waals surface area (Å²) in [5, 5.41) is 21.3. The Labute approximate surface area is 635 Å². The van der Waals surface area contributed by atoms with Crippen molar-refractivity contribution >= 4 is 194 Å². The lowest BCUT2D eigenvalue weighted by Crippen LogP contribution is -1.93. The fourth-order valence-corrected chi connectivity index (χ4v) is 20.3. The summed E-state index contributed by atoms with van der Waals surface area (Å²) in [6.45, 7) is 0. The van der Waals surface area contributed by atoms with Gasteiger partial charge in [-0.3, -0.25) is 8.80 Å². The second-order valence-electron chi connectivity index (χ2n) is 29.5. The van der Waals surface area contributed by atoms with Gasteiger partial charge in [0.1, 0.15) is 22.3 Å². The fraction of sp³-hybridized carbons (Fsp3) is 0. The van der Waals surface area contributed by atoms with E-state index < -0.39 is 0 Å². The van der Waals surface area contributed by atoms with Crippen molar-refractivity contribution in [2.45, 2.75) is 0 Å². The van der Waals surface area contributed by atoms with E-state index in [1.807, 2.05) is 46.9 Å². The molecule has 110 heavy (non-hydrogen) atoms. The Morgan fingerprint density at radius 3 is 1.40 bits per heavy atom. The largest absolute Gasteiger partial charge is 0.456 e. The van der Waals surface area contributed by atoms with E-state index in [1.165, 1.54) is 84.3 Å². The molecule has 0 radical (unpaired) electrons. The molecule has 0 bridgehead atoms. The van der Waals surface area contributed by atoms with Crippen LogP contribution in [0.25, 0.3) is 250 Å². The maximum absolute atomic E-state index is 6.47. The Morgan fingerprint density at radius 1 is 0.236 bits per heavy atom. The van der Waals surface area contributed by atoms with Gasteiger partial charge in [0.25, 0.3) is 0 Å². The molecule has 0 unspecified atom stereocenters. The van der Waals surface area contributed by atoms with Crippen molar-refractivity contribution in [3.63, 3.8) is 0 Å². The topological polar surface area (TPSA) is 60.9 Å². The van der Waals surface area contributed by atoms with E-state index in [2.05, 4.69) is 324 Å². The van der Waals surface area contributed by atoms with Crippen LogP contribution in [-0.2, 0) is 0 Å². The van der Waals surface area contributed by atoms with Gasteiger partial charge in [-0.25, -0.2) is 9.97 Å². The van der Waals surface area contributed by atoms with Crippen LogP contribution >= 0.6 is 22.7 Å². The predicted molar refractivity (Wildman–Crippen MR) is 465 cm³/mol. The van der Waals surface area contributed by atoms with Gasteiger partial charge in [0.15, 0.2) is 11.3 Å². The van der Waals surface area contributed by atoms with E-state index >= 15 is 0 Å². The van der Waals surface area contributed by atoms with Crippen LogP contribution in [0.2, 0.25) is 0 Å².